The molecule has 1 aliphatic heterocycles. The number of aliphatic carboxylic acids is 1. The van der Waals surface area contributed by atoms with Crippen molar-refractivity contribution in [3.05, 3.63) is 22.2 Å². The first-order valence-electron chi connectivity index (χ1n) is 5.04. The lowest BCUT2D eigenvalue weighted by Gasteiger charge is -2.19. The second-order valence-corrected chi connectivity index (χ2v) is 5.31. The standard InChI is InChI=1S/C11H11BrO4S/c12-8-4-10-9(15-1-2-16-10)3-7(8)5-17-6-11(13)14/h3-4H,1-2,5-6H2,(H,13,14). The summed E-state index contributed by atoms with van der Waals surface area (Å²) in [6.45, 7) is 1.11. The topological polar surface area (TPSA) is 55.8 Å². The van der Waals surface area contributed by atoms with Gasteiger partial charge in [-0.3, -0.25) is 4.79 Å². The van der Waals surface area contributed by atoms with Gasteiger partial charge in [0.2, 0.25) is 0 Å². The molecule has 0 aromatic heterocycles. The Morgan fingerprint density at radius 3 is 2.65 bits per heavy atom. The first kappa shape index (κ1) is 12.6. The van der Waals surface area contributed by atoms with Crippen molar-refractivity contribution >= 4 is 33.7 Å². The minimum absolute atomic E-state index is 0.0981. The zero-order valence-corrected chi connectivity index (χ0v) is 11.3. The van der Waals surface area contributed by atoms with Crippen LogP contribution >= 0.6 is 27.7 Å². The van der Waals surface area contributed by atoms with Crippen molar-refractivity contribution in [1.82, 2.24) is 0 Å². The fraction of sp³-hybridized carbons (Fsp3) is 0.364. The fourth-order valence-corrected chi connectivity index (χ4v) is 2.85. The van der Waals surface area contributed by atoms with Crippen molar-refractivity contribution in [2.75, 3.05) is 19.0 Å². The van der Waals surface area contributed by atoms with Crippen molar-refractivity contribution in [3.8, 4) is 11.5 Å². The first-order valence-corrected chi connectivity index (χ1v) is 6.99. The van der Waals surface area contributed by atoms with E-state index in [1.807, 2.05) is 12.1 Å². The molecule has 92 valence electrons. The van der Waals surface area contributed by atoms with Gasteiger partial charge >= 0.3 is 5.97 Å². The number of carbonyl (C=O) groups is 1. The van der Waals surface area contributed by atoms with Gasteiger partial charge in [0, 0.05) is 10.2 Å². The third-order valence-corrected chi connectivity index (χ3v) is 3.90. The molecule has 0 saturated heterocycles. The number of hydrogen-bond acceptors (Lipinski definition) is 4. The lowest BCUT2D eigenvalue weighted by molar-refractivity contribution is -0.133. The van der Waals surface area contributed by atoms with Gasteiger partial charge in [-0.2, -0.15) is 0 Å². The number of carboxylic acids is 1. The predicted molar refractivity (Wildman–Crippen MR) is 68.9 cm³/mol. The summed E-state index contributed by atoms with van der Waals surface area (Å²) < 4.78 is 11.8. The van der Waals surface area contributed by atoms with E-state index in [0.717, 1.165) is 21.5 Å². The van der Waals surface area contributed by atoms with Gasteiger partial charge < -0.3 is 14.6 Å². The maximum atomic E-state index is 10.4. The molecule has 1 heterocycles. The first-order chi connectivity index (χ1) is 8.16. The molecule has 0 unspecified atom stereocenters. The Kier molecular flexibility index (Phi) is 4.17. The highest BCUT2D eigenvalue weighted by atomic mass is 79.9. The van der Waals surface area contributed by atoms with Crippen LogP contribution in [0.15, 0.2) is 16.6 Å². The van der Waals surface area contributed by atoms with Crippen LogP contribution in [0.4, 0.5) is 0 Å². The van der Waals surface area contributed by atoms with Gasteiger partial charge in [-0.1, -0.05) is 15.9 Å². The van der Waals surface area contributed by atoms with Crippen molar-refractivity contribution in [3.63, 3.8) is 0 Å². The highest BCUT2D eigenvalue weighted by Gasteiger charge is 2.14. The second-order valence-electron chi connectivity index (χ2n) is 3.47. The van der Waals surface area contributed by atoms with E-state index < -0.39 is 5.97 Å². The zero-order chi connectivity index (χ0) is 12.3. The number of thioether (sulfide) groups is 1. The summed E-state index contributed by atoms with van der Waals surface area (Å²) in [5.74, 6) is 1.38. The van der Waals surface area contributed by atoms with Crippen LogP contribution in [0.3, 0.4) is 0 Å². The Hall–Kier alpha value is -0.880. The summed E-state index contributed by atoms with van der Waals surface area (Å²) in [5.41, 5.74) is 1.01. The van der Waals surface area contributed by atoms with E-state index in [2.05, 4.69) is 15.9 Å². The van der Waals surface area contributed by atoms with E-state index >= 15 is 0 Å². The Morgan fingerprint density at radius 2 is 2.00 bits per heavy atom. The van der Waals surface area contributed by atoms with E-state index in [-0.39, 0.29) is 5.75 Å². The molecule has 0 aliphatic carbocycles. The fourth-order valence-electron chi connectivity index (χ4n) is 1.46. The molecule has 1 aromatic rings. The van der Waals surface area contributed by atoms with E-state index in [1.54, 1.807) is 0 Å². The van der Waals surface area contributed by atoms with Crippen LogP contribution in [0.1, 0.15) is 5.56 Å². The number of ether oxygens (including phenoxy) is 2. The van der Waals surface area contributed by atoms with E-state index in [1.165, 1.54) is 11.8 Å². The van der Waals surface area contributed by atoms with Crippen LogP contribution < -0.4 is 9.47 Å². The maximum absolute atomic E-state index is 10.4. The normalized spacial score (nSPS) is 13.5. The van der Waals surface area contributed by atoms with E-state index in [0.29, 0.717) is 19.0 Å². The average Bonchev–Trinajstić information content (AvgIpc) is 2.29. The largest absolute Gasteiger partial charge is 0.486 e. The number of hydrogen-bond donors (Lipinski definition) is 1. The molecule has 0 bridgehead atoms. The minimum Gasteiger partial charge on any atom is -0.486 e. The van der Waals surface area contributed by atoms with Gasteiger partial charge in [0.1, 0.15) is 13.2 Å². The van der Waals surface area contributed by atoms with Crippen molar-refractivity contribution < 1.29 is 19.4 Å². The molecule has 2 rings (SSSR count). The average molecular weight is 319 g/mol. The van der Waals surface area contributed by atoms with Gasteiger partial charge in [0.25, 0.3) is 0 Å². The van der Waals surface area contributed by atoms with Crippen LogP contribution in [-0.2, 0) is 10.5 Å². The minimum atomic E-state index is -0.802. The Labute approximate surface area is 111 Å². The van der Waals surface area contributed by atoms with Crippen LogP contribution in [0, 0.1) is 0 Å². The monoisotopic (exact) mass is 318 g/mol. The third kappa shape index (κ3) is 3.29. The van der Waals surface area contributed by atoms with Crippen LogP contribution in [0.2, 0.25) is 0 Å². The molecular formula is C11H11BrO4S. The molecule has 1 aliphatic rings. The predicted octanol–water partition coefficient (Wildman–Crippen LogP) is 2.54. The highest BCUT2D eigenvalue weighted by Crippen LogP contribution is 2.36. The van der Waals surface area contributed by atoms with Crippen LogP contribution in [-0.4, -0.2) is 30.0 Å². The molecule has 0 radical (unpaired) electrons. The summed E-state index contributed by atoms with van der Waals surface area (Å²) in [6, 6.07) is 3.76. The summed E-state index contributed by atoms with van der Waals surface area (Å²) in [5, 5.41) is 8.58. The van der Waals surface area contributed by atoms with Crippen LogP contribution in [0.25, 0.3) is 0 Å². The van der Waals surface area contributed by atoms with Crippen molar-refractivity contribution in [1.29, 1.82) is 0 Å². The summed E-state index contributed by atoms with van der Waals surface area (Å²) in [6.07, 6.45) is 0. The SMILES string of the molecule is O=C(O)CSCc1cc2c(cc1Br)OCCO2. The van der Waals surface area contributed by atoms with Gasteiger partial charge in [-0.15, -0.1) is 11.8 Å². The van der Waals surface area contributed by atoms with Gasteiger partial charge in [-0.05, 0) is 17.7 Å². The molecule has 4 nitrogen and oxygen atoms in total. The number of carboxylic acid groups (broad SMARTS) is 1. The van der Waals surface area contributed by atoms with Gasteiger partial charge in [-0.25, -0.2) is 0 Å². The highest BCUT2D eigenvalue weighted by molar-refractivity contribution is 9.10. The van der Waals surface area contributed by atoms with Gasteiger partial charge in [0.05, 0.1) is 5.75 Å². The molecule has 17 heavy (non-hydrogen) atoms. The number of benzene rings is 1. The molecule has 0 fully saturated rings. The van der Waals surface area contributed by atoms with E-state index in [9.17, 15) is 4.79 Å². The molecule has 0 spiro atoms. The molecule has 0 amide bonds. The molecule has 0 atom stereocenters. The van der Waals surface area contributed by atoms with Gasteiger partial charge in [0.15, 0.2) is 11.5 Å². The maximum Gasteiger partial charge on any atom is 0.313 e. The Bertz CT molecular complexity index is 436. The Balaban J connectivity index is 2.09. The summed E-state index contributed by atoms with van der Waals surface area (Å²) in [4.78, 5) is 10.4. The second kappa shape index (κ2) is 5.64. The molecule has 1 aromatic carbocycles. The Morgan fingerprint density at radius 1 is 1.35 bits per heavy atom. The zero-order valence-electron chi connectivity index (χ0n) is 8.94. The van der Waals surface area contributed by atoms with Crippen molar-refractivity contribution in [2.24, 2.45) is 0 Å². The number of halogens is 1. The lowest BCUT2D eigenvalue weighted by atomic mass is 10.2. The summed E-state index contributed by atoms with van der Waals surface area (Å²) in [7, 11) is 0. The number of fused-ring (bicyclic) bond motifs is 1. The molecule has 0 saturated carbocycles. The van der Waals surface area contributed by atoms with E-state index in [4.69, 9.17) is 14.6 Å². The lowest BCUT2D eigenvalue weighted by Crippen LogP contribution is -2.15. The number of rotatable bonds is 4. The third-order valence-electron chi connectivity index (χ3n) is 2.19. The van der Waals surface area contributed by atoms with Crippen molar-refractivity contribution in [2.45, 2.75) is 5.75 Å². The molecular weight excluding hydrogens is 308 g/mol. The molecule has 6 heteroatoms. The van der Waals surface area contributed by atoms with Crippen LogP contribution in [0.5, 0.6) is 11.5 Å². The summed E-state index contributed by atoms with van der Waals surface area (Å²) >= 11 is 4.80. The smallest absolute Gasteiger partial charge is 0.313 e. The molecule has 1 N–H and O–H groups in total. The quantitative estimate of drug-likeness (QED) is 0.924.